The van der Waals surface area contributed by atoms with Crippen LogP contribution in [0.3, 0.4) is 0 Å². The molecule has 10 heteroatoms. The number of nitrogens with zero attached hydrogens (tertiary/aromatic N) is 4. The van der Waals surface area contributed by atoms with Crippen molar-refractivity contribution in [2.75, 3.05) is 23.3 Å². The molecule has 0 unspecified atom stereocenters. The number of carbonyl (C=O) groups is 1. The number of rotatable bonds is 6. The van der Waals surface area contributed by atoms with Gasteiger partial charge in [0.1, 0.15) is 11.6 Å². The number of carboxylic acid groups (broad SMARTS) is 1. The molecule has 3 aromatic rings. The van der Waals surface area contributed by atoms with Gasteiger partial charge in [0.2, 0.25) is 0 Å². The Morgan fingerprint density at radius 2 is 1.87 bits per heavy atom. The molecule has 3 aromatic heterocycles. The lowest BCUT2D eigenvalue weighted by atomic mass is 9.94. The topological polar surface area (TPSA) is 91.2 Å². The molecule has 2 N–H and O–H groups in total. The molecular weight excluding hydrogens is 445 g/mol. The summed E-state index contributed by atoms with van der Waals surface area (Å²) >= 11 is 1.62. The van der Waals surface area contributed by atoms with E-state index in [2.05, 4.69) is 25.2 Å². The Kier molecular flexibility index (Phi) is 8.83. The zero-order valence-electron chi connectivity index (χ0n) is 16.1. The van der Waals surface area contributed by atoms with Crippen molar-refractivity contribution < 1.29 is 9.90 Å². The van der Waals surface area contributed by atoms with Crippen molar-refractivity contribution in [3.63, 3.8) is 0 Å². The molecule has 0 atom stereocenters. The second-order valence-electron chi connectivity index (χ2n) is 6.78. The summed E-state index contributed by atoms with van der Waals surface area (Å²) in [6.07, 6.45) is 5.64. The summed E-state index contributed by atoms with van der Waals surface area (Å²) in [5, 5.41) is 13.1. The number of halogens is 2. The van der Waals surface area contributed by atoms with Gasteiger partial charge in [0.05, 0.1) is 10.6 Å². The maximum Gasteiger partial charge on any atom is 0.303 e. The molecule has 0 aromatic carbocycles. The van der Waals surface area contributed by atoms with Crippen LogP contribution < -0.4 is 10.2 Å². The number of thiazole rings is 1. The van der Waals surface area contributed by atoms with E-state index in [0.29, 0.717) is 0 Å². The number of anilines is 3. The van der Waals surface area contributed by atoms with Gasteiger partial charge in [0.25, 0.3) is 0 Å². The quantitative estimate of drug-likeness (QED) is 0.533. The summed E-state index contributed by atoms with van der Waals surface area (Å²) in [5.74, 6) is 1.05. The summed E-state index contributed by atoms with van der Waals surface area (Å²) in [7, 11) is 0. The van der Waals surface area contributed by atoms with Crippen LogP contribution >= 0.6 is 36.2 Å². The highest BCUT2D eigenvalue weighted by Gasteiger charge is 2.23. The second kappa shape index (κ2) is 11.1. The van der Waals surface area contributed by atoms with Gasteiger partial charge in [-0.3, -0.25) is 4.79 Å². The molecular formula is C20H23Cl2N5O2S. The Bertz CT molecular complexity index is 949. The average Bonchev–Trinajstić information content (AvgIpc) is 3.19. The first-order valence-corrected chi connectivity index (χ1v) is 10.1. The van der Waals surface area contributed by atoms with Crippen molar-refractivity contribution in [2.45, 2.75) is 19.3 Å². The van der Waals surface area contributed by atoms with E-state index in [9.17, 15) is 4.79 Å². The first-order valence-electron chi connectivity index (χ1n) is 9.25. The van der Waals surface area contributed by atoms with Crippen LogP contribution in [-0.4, -0.2) is 39.1 Å². The van der Waals surface area contributed by atoms with E-state index in [-0.39, 0.29) is 37.2 Å². The van der Waals surface area contributed by atoms with E-state index in [1.807, 2.05) is 42.6 Å². The third-order valence-electron chi connectivity index (χ3n) is 4.76. The first kappa shape index (κ1) is 23.9. The van der Waals surface area contributed by atoms with Gasteiger partial charge in [0.15, 0.2) is 5.13 Å². The van der Waals surface area contributed by atoms with E-state index in [1.165, 1.54) is 0 Å². The van der Waals surface area contributed by atoms with Crippen LogP contribution in [0.15, 0.2) is 48.8 Å². The molecule has 0 aliphatic carbocycles. The van der Waals surface area contributed by atoms with Crippen LogP contribution in [-0.2, 0) is 4.79 Å². The lowest BCUT2D eigenvalue weighted by molar-refractivity contribution is -0.138. The highest BCUT2D eigenvalue weighted by Crippen LogP contribution is 2.33. The molecule has 0 bridgehead atoms. The highest BCUT2D eigenvalue weighted by molar-refractivity contribution is 7.18. The second-order valence-corrected chi connectivity index (χ2v) is 7.79. The van der Waals surface area contributed by atoms with Crippen LogP contribution in [0.5, 0.6) is 0 Å². The van der Waals surface area contributed by atoms with E-state index in [4.69, 9.17) is 5.11 Å². The van der Waals surface area contributed by atoms with Crippen LogP contribution in [0.25, 0.3) is 10.6 Å². The monoisotopic (exact) mass is 467 g/mol. The molecule has 0 radical (unpaired) electrons. The Hall–Kier alpha value is -2.42. The minimum atomic E-state index is -0.708. The number of hydrogen-bond acceptors (Lipinski definition) is 7. The van der Waals surface area contributed by atoms with E-state index < -0.39 is 5.97 Å². The van der Waals surface area contributed by atoms with Crippen molar-refractivity contribution in [2.24, 2.45) is 5.92 Å². The molecule has 0 amide bonds. The van der Waals surface area contributed by atoms with Gasteiger partial charge in [-0.2, -0.15) is 0 Å². The largest absolute Gasteiger partial charge is 0.481 e. The van der Waals surface area contributed by atoms with Crippen LogP contribution in [0.4, 0.5) is 16.8 Å². The maximum atomic E-state index is 10.9. The van der Waals surface area contributed by atoms with Gasteiger partial charge in [-0.25, -0.2) is 15.0 Å². The number of carboxylic acids is 1. The van der Waals surface area contributed by atoms with Crippen LogP contribution in [0, 0.1) is 5.92 Å². The Morgan fingerprint density at radius 3 is 2.57 bits per heavy atom. The van der Waals surface area contributed by atoms with E-state index >= 15 is 0 Å². The van der Waals surface area contributed by atoms with E-state index in [0.717, 1.165) is 53.3 Å². The molecule has 30 heavy (non-hydrogen) atoms. The lowest BCUT2D eigenvalue weighted by Crippen LogP contribution is -2.34. The van der Waals surface area contributed by atoms with Gasteiger partial charge in [-0.05, 0) is 43.0 Å². The molecule has 4 heterocycles. The molecule has 7 nitrogen and oxygen atoms in total. The Balaban J connectivity index is 0.00000160. The fourth-order valence-corrected chi connectivity index (χ4v) is 4.25. The summed E-state index contributed by atoms with van der Waals surface area (Å²) in [6, 6.07) is 11.5. The highest BCUT2D eigenvalue weighted by atomic mass is 35.5. The molecule has 1 fully saturated rings. The maximum absolute atomic E-state index is 10.9. The average molecular weight is 468 g/mol. The SMILES string of the molecule is Cl.Cl.O=C(O)CC1CCN(c2ncc(-c3cccc(Nc4ccccn4)n3)s2)CC1. The first-order chi connectivity index (χ1) is 13.7. The Labute approximate surface area is 191 Å². The smallest absolute Gasteiger partial charge is 0.303 e. The molecule has 160 valence electrons. The summed E-state index contributed by atoms with van der Waals surface area (Å²) in [5.41, 5.74) is 0.866. The van der Waals surface area contributed by atoms with Crippen molar-refractivity contribution in [3.8, 4) is 10.6 Å². The molecule has 4 rings (SSSR count). The minimum absolute atomic E-state index is 0. The summed E-state index contributed by atoms with van der Waals surface area (Å²) < 4.78 is 0. The molecule has 0 saturated carbocycles. The Morgan fingerprint density at radius 1 is 1.10 bits per heavy atom. The standard InChI is InChI=1S/C20H21N5O2S.2ClH/c26-19(27)12-14-7-10-25(11-8-14)20-22-13-16(28-20)15-4-3-6-18(23-15)24-17-5-1-2-9-21-17;;/h1-6,9,13-14H,7-8,10-12H2,(H,26,27)(H,21,23,24);2*1H. The number of aliphatic carboxylic acids is 1. The summed E-state index contributed by atoms with van der Waals surface area (Å²) in [6.45, 7) is 1.69. The van der Waals surface area contributed by atoms with E-state index in [1.54, 1.807) is 17.5 Å². The number of aromatic nitrogens is 3. The van der Waals surface area contributed by atoms with Gasteiger partial charge < -0.3 is 15.3 Å². The van der Waals surface area contributed by atoms with Crippen molar-refractivity contribution in [3.05, 3.63) is 48.8 Å². The van der Waals surface area contributed by atoms with Crippen LogP contribution in [0.2, 0.25) is 0 Å². The zero-order valence-corrected chi connectivity index (χ0v) is 18.6. The van der Waals surface area contributed by atoms with Crippen molar-refractivity contribution in [1.82, 2.24) is 15.0 Å². The molecule has 1 saturated heterocycles. The predicted octanol–water partition coefficient (Wildman–Crippen LogP) is 4.88. The van der Waals surface area contributed by atoms with Gasteiger partial charge in [-0.1, -0.05) is 23.5 Å². The lowest BCUT2D eigenvalue weighted by Gasteiger charge is -2.30. The van der Waals surface area contributed by atoms with Crippen LogP contribution in [0.1, 0.15) is 19.3 Å². The third kappa shape index (κ3) is 6.04. The number of hydrogen-bond donors (Lipinski definition) is 2. The molecule has 1 aliphatic rings. The van der Waals surface area contributed by atoms with Crippen molar-refractivity contribution in [1.29, 1.82) is 0 Å². The fraction of sp³-hybridized carbons (Fsp3) is 0.300. The van der Waals surface area contributed by atoms with Gasteiger partial charge in [0, 0.05) is 31.9 Å². The normalized spacial score (nSPS) is 13.8. The number of pyridine rings is 2. The molecule has 0 spiro atoms. The van der Waals surface area contributed by atoms with Gasteiger partial charge in [-0.15, -0.1) is 24.8 Å². The number of piperidine rings is 1. The van der Waals surface area contributed by atoms with Crippen molar-refractivity contribution >= 4 is 58.9 Å². The summed E-state index contributed by atoms with van der Waals surface area (Å²) in [4.78, 5) is 27.6. The fourth-order valence-electron chi connectivity index (χ4n) is 3.31. The zero-order chi connectivity index (χ0) is 19.3. The predicted molar refractivity (Wildman–Crippen MR) is 125 cm³/mol. The third-order valence-corrected chi connectivity index (χ3v) is 5.85. The minimum Gasteiger partial charge on any atom is -0.481 e. The molecule has 1 aliphatic heterocycles. The van der Waals surface area contributed by atoms with Gasteiger partial charge >= 0.3 is 5.97 Å². The number of nitrogens with one attached hydrogen (secondary N) is 1.